The van der Waals surface area contributed by atoms with Crippen LogP contribution < -0.4 is 9.47 Å². The molecule has 0 saturated carbocycles. The SMILES string of the molecule is CCCCCCOc1ccc2cccc3c2c1-c1cc2cc4c(cc2cc1C3c1c(C)cc(C)cc1C)-c1c(OCCCCCC)ccc2cccc(c12)C4c1c(C)cc(C)cc1C. The summed E-state index contributed by atoms with van der Waals surface area (Å²) in [7, 11) is 0. The zero-order valence-electron chi connectivity index (χ0n) is 39.4. The van der Waals surface area contributed by atoms with Crippen LogP contribution >= 0.6 is 0 Å². The van der Waals surface area contributed by atoms with Gasteiger partial charge in [0.05, 0.1) is 13.2 Å². The Morgan fingerprint density at radius 2 is 0.797 bits per heavy atom. The second kappa shape index (κ2) is 17.3. The van der Waals surface area contributed by atoms with Gasteiger partial charge in [-0.25, -0.2) is 0 Å². The Morgan fingerprint density at radius 3 is 1.19 bits per heavy atom. The predicted molar refractivity (Wildman–Crippen MR) is 272 cm³/mol. The first-order valence-corrected chi connectivity index (χ1v) is 24.3. The molecule has 8 aromatic carbocycles. The molecule has 0 heterocycles. The van der Waals surface area contributed by atoms with Gasteiger partial charge in [0.1, 0.15) is 11.5 Å². The number of benzene rings is 8. The summed E-state index contributed by atoms with van der Waals surface area (Å²) in [5.74, 6) is 2.14. The fourth-order valence-electron chi connectivity index (χ4n) is 12.0. The lowest BCUT2D eigenvalue weighted by molar-refractivity contribution is 0.306. The smallest absolute Gasteiger partial charge is 0.127 e. The van der Waals surface area contributed by atoms with Crippen molar-refractivity contribution >= 4 is 32.3 Å². The average molecular weight is 841 g/mol. The minimum atomic E-state index is 0.0730. The summed E-state index contributed by atoms with van der Waals surface area (Å²) in [6, 6.07) is 42.6. The number of ether oxygens (including phenoxy) is 2. The number of fused-ring (bicyclic) bond motifs is 5. The molecule has 0 amide bonds. The van der Waals surface area contributed by atoms with Crippen LogP contribution in [0.4, 0.5) is 0 Å². The number of hydrogen-bond donors (Lipinski definition) is 0. The van der Waals surface area contributed by atoms with Gasteiger partial charge in [-0.1, -0.05) is 136 Å². The van der Waals surface area contributed by atoms with E-state index in [4.69, 9.17) is 9.47 Å². The molecule has 2 aliphatic carbocycles. The molecule has 0 bridgehead atoms. The van der Waals surface area contributed by atoms with Crippen molar-refractivity contribution in [3.05, 3.63) is 176 Å². The number of hydrogen-bond acceptors (Lipinski definition) is 2. The average Bonchev–Trinajstić information content (AvgIpc) is 3.27. The molecule has 0 radical (unpaired) electrons. The van der Waals surface area contributed by atoms with E-state index in [9.17, 15) is 0 Å². The molecule has 2 unspecified atom stereocenters. The second-order valence-corrected chi connectivity index (χ2v) is 19.3. The van der Waals surface area contributed by atoms with Crippen molar-refractivity contribution in [2.24, 2.45) is 0 Å². The van der Waals surface area contributed by atoms with Crippen LogP contribution in [0.25, 0.3) is 54.6 Å². The normalized spacial score (nSPS) is 14.9. The lowest BCUT2D eigenvalue weighted by Gasteiger charge is -2.34. The van der Waals surface area contributed by atoms with Crippen LogP contribution in [0.5, 0.6) is 11.5 Å². The number of rotatable bonds is 14. The maximum atomic E-state index is 6.87. The Bertz CT molecular complexity index is 2850. The first-order valence-electron chi connectivity index (χ1n) is 24.3. The van der Waals surface area contributed by atoms with Crippen LogP contribution in [0.15, 0.2) is 109 Å². The highest BCUT2D eigenvalue weighted by Crippen LogP contribution is 2.56. The molecule has 2 atom stereocenters. The largest absolute Gasteiger partial charge is 0.493 e. The molecule has 2 heteroatoms. The molecule has 64 heavy (non-hydrogen) atoms. The molecular formula is C62H64O2. The standard InChI is InChI=1S/C62H64O2/c1-9-11-13-15-27-63-53-25-23-43-19-17-21-47-57(43)61(53)51-35-45-34-50-52(36-46(45)33-49(51)59(47)55-39(5)29-37(3)30-40(55)6)62-54(64-28-16-14-12-10-2)26-24-44-20-18-22-48(58(44)62)60(50)56-41(7)31-38(4)32-42(56)8/h17-26,29-36,59-60H,9-16,27-28H2,1-8H3. The van der Waals surface area contributed by atoms with Gasteiger partial charge in [0.15, 0.2) is 0 Å². The summed E-state index contributed by atoms with van der Waals surface area (Å²) in [5.41, 5.74) is 21.3. The first kappa shape index (κ1) is 42.1. The van der Waals surface area contributed by atoms with Crippen molar-refractivity contribution in [3.8, 4) is 33.8 Å². The third-order valence-electron chi connectivity index (χ3n) is 14.6. The molecule has 8 aromatic rings. The van der Waals surface area contributed by atoms with Crippen LogP contribution in [-0.4, -0.2) is 13.2 Å². The van der Waals surface area contributed by atoms with Gasteiger partial charge < -0.3 is 9.47 Å². The Kier molecular flexibility index (Phi) is 11.4. The van der Waals surface area contributed by atoms with Gasteiger partial charge >= 0.3 is 0 Å². The molecule has 0 fully saturated rings. The fraction of sp³-hybridized carbons (Fsp3) is 0.323. The van der Waals surface area contributed by atoms with Crippen LogP contribution in [0, 0.1) is 41.5 Å². The lowest BCUT2D eigenvalue weighted by atomic mass is 9.69. The van der Waals surface area contributed by atoms with E-state index in [0.29, 0.717) is 0 Å². The topological polar surface area (TPSA) is 18.5 Å². The number of aryl methyl sites for hydroxylation is 6. The molecule has 0 saturated heterocycles. The Morgan fingerprint density at radius 1 is 0.391 bits per heavy atom. The van der Waals surface area contributed by atoms with E-state index >= 15 is 0 Å². The second-order valence-electron chi connectivity index (χ2n) is 19.3. The van der Waals surface area contributed by atoms with E-state index in [-0.39, 0.29) is 11.8 Å². The van der Waals surface area contributed by atoms with E-state index in [1.54, 1.807) is 0 Å². The minimum Gasteiger partial charge on any atom is -0.493 e. The van der Waals surface area contributed by atoms with E-state index in [0.717, 1.165) is 37.6 Å². The van der Waals surface area contributed by atoms with E-state index < -0.39 is 0 Å². The van der Waals surface area contributed by atoms with Crippen molar-refractivity contribution in [2.45, 2.75) is 119 Å². The Labute approximate surface area is 381 Å². The summed E-state index contributed by atoms with van der Waals surface area (Å²) < 4.78 is 13.7. The highest BCUT2D eigenvalue weighted by atomic mass is 16.5. The van der Waals surface area contributed by atoms with Gasteiger partial charge in [-0.15, -0.1) is 0 Å². The third kappa shape index (κ3) is 7.18. The zero-order chi connectivity index (χ0) is 44.2. The summed E-state index contributed by atoms with van der Waals surface area (Å²) in [5, 5.41) is 7.72. The molecule has 0 aromatic heterocycles. The van der Waals surface area contributed by atoms with Crippen LogP contribution in [0.1, 0.15) is 144 Å². The van der Waals surface area contributed by atoms with E-state index in [1.165, 1.54) is 160 Å². The maximum Gasteiger partial charge on any atom is 0.127 e. The maximum absolute atomic E-state index is 6.87. The van der Waals surface area contributed by atoms with Crippen LogP contribution in [0.2, 0.25) is 0 Å². The summed E-state index contributed by atoms with van der Waals surface area (Å²) >= 11 is 0. The Balaban J connectivity index is 1.27. The zero-order valence-corrected chi connectivity index (χ0v) is 39.4. The highest BCUT2D eigenvalue weighted by Gasteiger charge is 2.36. The van der Waals surface area contributed by atoms with Gasteiger partial charge in [0, 0.05) is 23.0 Å². The van der Waals surface area contributed by atoms with Crippen molar-refractivity contribution in [3.63, 3.8) is 0 Å². The van der Waals surface area contributed by atoms with Crippen molar-refractivity contribution < 1.29 is 9.47 Å². The summed E-state index contributed by atoms with van der Waals surface area (Å²) in [6.45, 7) is 19.7. The van der Waals surface area contributed by atoms with Crippen LogP contribution in [0.3, 0.4) is 0 Å². The summed E-state index contributed by atoms with van der Waals surface area (Å²) in [4.78, 5) is 0. The molecule has 0 aliphatic heterocycles. The van der Waals surface area contributed by atoms with E-state index in [2.05, 4.69) is 165 Å². The van der Waals surface area contributed by atoms with Gasteiger partial charge in [-0.2, -0.15) is 0 Å². The monoisotopic (exact) mass is 840 g/mol. The first-order chi connectivity index (χ1) is 31.2. The van der Waals surface area contributed by atoms with E-state index in [1.807, 2.05) is 0 Å². The summed E-state index contributed by atoms with van der Waals surface area (Å²) in [6.07, 6.45) is 9.41. The van der Waals surface area contributed by atoms with Gasteiger partial charge in [-0.05, 0) is 190 Å². The molecule has 324 valence electrons. The molecule has 2 nitrogen and oxygen atoms in total. The molecule has 10 rings (SSSR count). The van der Waals surface area contributed by atoms with Crippen molar-refractivity contribution in [1.29, 1.82) is 0 Å². The van der Waals surface area contributed by atoms with Crippen molar-refractivity contribution in [1.82, 2.24) is 0 Å². The van der Waals surface area contributed by atoms with Crippen LogP contribution in [-0.2, 0) is 0 Å². The highest BCUT2D eigenvalue weighted by molar-refractivity contribution is 6.11. The molecule has 0 spiro atoms. The Hall–Kier alpha value is -5.86. The molecule has 2 aliphatic rings. The minimum absolute atomic E-state index is 0.0730. The predicted octanol–water partition coefficient (Wildman–Crippen LogP) is 17.2. The fourth-order valence-corrected chi connectivity index (χ4v) is 12.0. The number of unbranched alkanes of at least 4 members (excludes halogenated alkanes) is 6. The quantitative estimate of drug-likeness (QED) is 0.102. The lowest BCUT2D eigenvalue weighted by Crippen LogP contribution is -2.15. The van der Waals surface area contributed by atoms with Crippen molar-refractivity contribution in [2.75, 3.05) is 13.2 Å². The third-order valence-corrected chi connectivity index (χ3v) is 14.6. The molecule has 0 N–H and O–H groups in total. The van der Waals surface area contributed by atoms with Gasteiger partial charge in [0.2, 0.25) is 0 Å². The van der Waals surface area contributed by atoms with Gasteiger partial charge in [0.25, 0.3) is 0 Å². The molecular weight excluding hydrogens is 777 g/mol. The van der Waals surface area contributed by atoms with Gasteiger partial charge in [-0.3, -0.25) is 0 Å².